The Morgan fingerprint density at radius 2 is 1.66 bits per heavy atom. The number of rotatable bonds is 9. The number of carbonyl (C=O) groups excluding carboxylic acids is 3. The van der Waals surface area contributed by atoms with Crippen LogP contribution in [-0.4, -0.2) is 69.5 Å². The minimum absolute atomic E-state index is 0.0629. The molecule has 2 aliphatic rings. The zero-order valence-electron chi connectivity index (χ0n) is 24.3. The van der Waals surface area contributed by atoms with Crippen LogP contribution in [0.2, 0.25) is 0 Å². The lowest BCUT2D eigenvalue weighted by Gasteiger charge is -2.46. The maximum absolute atomic E-state index is 14.2. The summed E-state index contributed by atoms with van der Waals surface area (Å²) in [6.07, 6.45) is 1.26. The van der Waals surface area contributed by atoms with Crippen molar-refractivity contribution in [1.29, 1.82) is 0 Å². The highest BCUT2D eigenvalue weighted by molar-refractivity contribution is 5.92. The van der Waals surface area contributed by atoms with Gasteiger partial charge in [0.05, 0.1) is 19.6 Å². The third-order valence-electron chi connectivity index (χ3n) is 8.28. The van der Waals surface area contributed by atoms with Gasteiger partial charge in [0.15, 0.2) is 0 Å². The largest absolute Gasteiger partial charge is 0.333 e. The number of nitrogens with one attached hydrogen (secondary N) is 1. The number of piperazine rings is 1. The predicted molar refractivity (Wildman–Crippen MR) is 166 cm³/mol. The molecule has 2 atom stereocenters. The summed E-state index contributed by atoms with van der Waals surface area (Å²) < 4.78 is 13.7. The number of hydrogen-bond acceptors (Lipinski definition) is 4. The number of amides is 4. The van der Waals surface area contributed by atoms with Crippen LogP contribution in [-0.2, 0) is 29.1 Å². The summed E-state index contributed by atoms with van der Waals surface area (Å²) in [7, 11) is 0. The molecule has 44 heavy (non-hydrogen) atoms. The van der Waals surface area contributed by atoms with Crippen molar-refractivity contribution in [2.24, 2.45) is 0 Å². The smallest absolute Gasteiger partial charge is 0.332 e. The van der Waals surface area contributed by atoms with Crippen LogP contribution < -0.4 is 5.32 Å². The van der Waals surface area contributed by atoms with Crippen molar-refractivity contribution in [1.82, 2.24) is 25.1 Å². The molecule has 4 amide bonds. The van der Waals surface area contributed by atoms with Crippen molar-refractivity contribution >= 4 is 28.6 Å². The second-order valence-electron chi connectivity index (χ2n) is 11.1. The molecular formula is C35H34FN5O3. The highest BCUT2D eigenvalue weighted by atomic mass is 19.1. The van der Waals surface area contributed by atoms with Gasteiger partial charge in [0.2, 0.25) is 11.8 Å². The molecule has 0 radical (unpaired) electrons. The normalized spacial score (nSPS) is 18.4. The summed E-state index contributed by atoms with van der Waals surface area (Å²) >= 11 is 0. The highest BCUT2D eigenvalue weighted by Gasteiger charge is 2.52. The zero-order valence-corrected chi connectivity index (χ0v) is 24.3. The molecule has 9 heteroatoms. The van der Waals surface area contributed by atoms with Crippen LogP contribution in [0.5, 0.6) is 0 Å². The molecule has 6 rings (SSSR count). The second-order valence-corrected chi connectivity index (χ2v) is 11.1. The second kappa shape index (κ2) is 12.7. The molecule has 0 aliphatic carbocycles. The maximum Gasteiger partial charge on any atom is 0.332 e. The van der Waals surface area contributed by atoms with Gasteiger partial charge in [-0.3, -0.25) is 14.6 Å². The van der Waals surface area contributed by atoms with Gasteiger partial charge in [-0.25, -0.2) is 9.18 Å². The first-order valence-electron chi connectivity index (χ1n) is 14.7. The number of carbonyl (C=O) groups is 3. The number of halogens is 1. The van der Waals surface area contributed by atoms with Gasteiger partial charge in [-0.1, -0.05) is 91.0 Å². The Balaban J connectivity index is 1.32. The summed E-state index contributed by atoms with van der Waals surface area (Å²) in [4.78, 5) is 44.7. The van der Waals surface area contributed by atoms with Crippen LogP contribution in [0.15, 0.2) is 110 Å². The number of hydrogen-bond donors (Lipinski definition) is 1. The molecule has 0 saturated carbocycles. The SMILES string of the molecule is C=CCN(C(=O)NCc1ccccc1)N1CC(=O)N2[C@@H](Cc3ccc(F)cc3)C(=O)N(Cc3cccc4ccccc34)C[C@@H]21. The van der Waals surface area contributed by atoms with E-state index in [0.717, 1.165) is 27.5 Å². The van der Waals surface area contributed by atoms with Gasteiger partial charge in [0.25, 0.3) is 0 Å². The summed E-state index contributed by atoms with van der Waals surface area (Å²) in [6, 6.07) is 28.4. The Hall–Kier alpha value is -5.02. The van der Waals surface area contributed by atoms with E-state index < -0.39 is 12.2 Å². The molecule has 2 aliphatic heterocycles. The van der Waals surface area contributed by atoms with E-state index in [1.807, 2.05) is 72.8 Å². The van der Waals surface area contributed by atoms with Crippen molar-refractivity contribution in [3.8, 4) is 0 Å². The standard InChI is InChI=1S/C35H34FN5O3/c1-2-19-39(35(44)37-21-26-9-4-3-5-10-26)40-24-33(42)41-31(20-25-15-17-29(36)18-16-25)34(43)38(23-32(40)41)22-28-13-8-12-27-11-6-7-14-30(27)28/h2-18,31-32H,1,19-24H2,(H,37,44)/t31-,32+/m0/s1. The topological polar surface area (TPSA) is 76.2 Å². The van der Waals surface area contributed by atoms with Gasteiger partial charge in [0, 0.05) is 19.5 Å². The van der Waals surface area contributed by atoms with Crippen LogP contribution >= 0.6 is 0 Å². The highest BCUT2D eigenvalue weighted by Crippen LogP contribution is 2.31. The lowest BCUT2D eigenvalue weighted by Crippen LogP contribution is -2.66. The van der Waals surface area contributed by atoms with Crippen LogP contribution in [0.25, 0.3) is 10.8 Å². The van der Waals surface area contributed by atoms with Gasteiger partial charge in [-0.15, -0.1) is 6.58 Å². The average Bonchev–Trinajstić information content (AvgIpc) is 3.37. The quantitative estimate of drug-likeness (QED) is 0.286. The minimum Gasteiger partial charge on any atom is -0.333 e. The van der Waals surface area contributed by atoms with Gasteiger partial charge in [-0.2, -0.15) is 5.01 Å². The first-order valence-corrected chi connectivity index (χ1v) is 14.7. The monoisotopic (exact) mass is 591 g/mol. The molecule has 0 bridgehead atoms. The fourth-order valence-electron chi connectivity index (χ4n) is 6.16. The van der Waals surface area contributed by atoms with E-state index in [2.05, 4.69) is 11.9 Å². The molecule has 0 aromatic heterocycles. The molecule has 2 saturated heterocycles. The van der Waals surface area contributed by atoms with E-state index in [1.165, 1.54) is 17.1 Å². The molecule has 4 aromatic rings. The molecule has 0 unspecified atom stereocenters. The molecular weight excluding hydrogens is 557 g/mol. The number of urea groups is 1. The van der Waals surface area contributed by atoms with E-state index in [1.54, 1.807) is 33.0 Å². The molecule has 8 nitrogen and oxygen atoms in total. The zero-order chi connectivity index (χ0) is 30.6. The Bertz CT molecular complexity index is 1670. The van der Waals surface area contributed by atoms with E-state index in [-0.39, 0.29) is 49.7 Å². The third-order valence-corrected chi connectivity index (χ3v) is 8.28. The van der Waals surface area contributed by atoms with Crippen LogP contribution in [0.3, 0.4) is 0 Å². The van der Waals surface area contributed by atoms with Crippen LogP contribution in [0.1, 0.15) is 16.7 Å². The van der Waals surface area contributed by atoms with Gasteiger partial charge in [0.1, 0.15) is 18.0 Å². The van der Waals surface area contributed by atoms with E-state index in [9.17, 15) is 18.8 Å². The number of hydrazine groups is 1. The van der Waals surface area contributed by atoms with E-state index >= 15 is 0 Å². The lowest BCUT2D eigenvalue weighted by atomic mass is 9.99. The first kappa shape index (κ1) is 29.1. The van der Waals surface area contributed by atoms with Crippen LogP contribution in [0, 0.1) is 5.82 Å². The van der Waals surface area contributed by atoms with E-state index in [4.69, 9.17) is 0 Å². The maximum atomic E-state index is 14.2. The number of fused-ring (bicyclic) bond motifs is 2. The number of benzene rings is 4. The Labute approximate surface area is 255 Å². The molecule has 224 valence electrons. The molecule has 4 aromatic carbocycles. The summed E-state index contributed by atoms with van der Waals surface area (Å²) in [5.41, 5.74) is 2.68. The summed E-state index contributed by atoms with van der Waals surface area (Å²) in [5, 5.41) is 8.32. The predicted octanol–water partition coefficient (Wildman–Crippen LogP) is 4.72. The van der Waals surface area contributed by atoms with Crippen molar-refractivity contribution < 1.29 is 18.8 Å². The molecule has 2 heterocycles. The molecule has 0 spiro atoms. The van der Waals surface area contributed by atoms with Gasteiger partial charge < -0.3 is 15.1 Å². The lowest BCUT2D eigenvalue weighted by molar-refractivity contribution is -0.157. The Kier molecular flexibility index (Phi) is 8.38. The number of nitrogens with zero attached hydrogens (tertiary/aromatic N) is 4. The Morgan fingerprint density at radius 1 is 0.932 bits per heavy atom. The minimum atomic E-state index is -0.815. The van der Waals surface area contributed by atoms with Crippen molar-refractivity contribution in [3.05, 3.63) is 132 Å². The summed E-state index contributed by atoms with van der Waals surface area (Å²) in [6.45, 7) is 4.84. The fraction of sp³-hybridized carbons (Fsp3) is 0.229. The van der Waals surface area contributed by atoms with Crippen LogP contribution in [0.4, 0.5) is 9.18 Å². The van der Waals surface area contributed by atoms with E-state index in [0.29, 0.717) is 13.1 Å². The summed E-state index contributed by atoms with van der Waals surface area (Å²) in [5.74, 6) is -0.799. The molecule has 2 fully saturated rings. The first-order chi connectivity index (χ1) is 21.4. The average molecular weight is 592 g/mol. The van der Waals surface area contributed by atoms with Gasteiger partial charge >= 0.3 is 6.03 Å². The third kappa shape index (κ3) is 5.91. The Morgan fingerprint density at radius 3 is 2.43 bits per heavy atom. The van der Waals surface area contributed by atoms with Crippen molar-refractivity contribution in [2.45, 2.75) is 31.7 Å². The van der Waals surface area contributed by atoms with Crippen molar-refractivity contribution in [2.75, 3.05) is 19.6 Å². The molecule has 1 N–H and O–H groups in total. The van der Waals surface area contributed by atoms with Gasteiger partial charge in [-0.05, 0) is 39.6 Å². The fourth-order valence-corrected chi connectivity index (χ4v) is 6.16. The van der Waals surface area contributed by atoms with Crippen molar-refractivity contribution in [3.63, 3.8) is 0 Å².